The summed E-state index contributed by atoms with van der Waals surface area (Å²) in [5.41, 5.74) is 1.73. The molecule has 0 aromatic carbocycles. The van der Waals surface area contributed by atoms with Crippen molar-refractivity contribution in [3.05, 3.63) is 28.0 Å². The molecule has 0 spiro atoms. The van der Waals surface area contributed by atoms with E-state index in [0.29, 0.717) is 22.9 Å². The van der Waals surface area contributed by atoms with E-state index in [1.165, 1.54) is 17.5 Å². The quantitative estimate of drug-likeness (QED) is 0.778. The van der Waals surface area contributed by atoms with Gasteiger partial charge in [0.25, 0.3) is 5.91 Å². The topological polar surface area (TPSA) is 70.2 Å². The first kappa shape index (κ1) is 17.7. The number of piperidine rings is 1. The lowest BCUT2D eigenvalue weighted by atomic mass is 10.1. The fourth-order valence-electron chi connectivity index (χ4n) is 3.43. The molecule has 2 aliphatic heterocycles. The first-order valence-electron chi connectivity index (χ1n) is 8.55. The SMILES string of the molecule is CSN1CCC(Nc2ncc(F)c(-c3sc4c(c3C)C(=O)NC4)n2)CC1. The van der Waals surface area contributed by atoms with E-state index in [-0.39, 0.29) is 17.6 Å². The van der Waals surface area contributed by atoms with Gasteiger partial charge in [0.2, 0.25) is 5.95 Å². The molecule has 0 saturated carbocycles. The average molecular weight is 394 g/mol. The van der Waals surface area contributed by atoms with Gasteiger partial charge < -0.3 is 10.6 Å². The Morgan fingerprint density at radius 3 is 2.88 bits per heavy atom. The lowest BCUT2D eigenvalue weighted by Gasteiger charge is -2.30. The van der Waals surface area contributed by atoms with Crippen LogP contribution in [-0.4, -0.2) is 45.6 Å². The molecule has 2 N–H and O–H groups in total. The number of fused-ring (bicyclic) bond motifs is 1. The second-order valence-electron chi connectivity index (χ2n) is 6.46. The van der Waals surface area contributed by atoms with Gasteiger partial charge in [-0.05, 0) is 31.6 Å². The maximum Gasteiger partial charge on any atom is 0.253 e. The molecule has 1 amide bonds. The molecular weight excluding hydrogens is 373 g/mol. The molecule has 0 aliphatic carbocycles. The van der Waals surface area contributed by atoms with Crippen LogP contribution in [0.3, 0.4) is 0 Å². The van der Waals surface area contributed by atoms with Gasteiger partial charge >= 0.3 is 0 Å². The van der Waals surface area contributed by atoms with Crippen LogP contribution < -0.4 is 10.6 Å². The third kappa shape index (κ3) is 3.19. The van der Waals surface area contributed by atoms with Crippen LogP contribution in [0.2, 0.25) is 0 Å². The van der Waals surface area contributed by atoms with Crippen molar-refractivity contribution in [2.45, 2.75) is 32.4 Å². The van der Waals surface area contributed by atoms with Crippen molar-refractivity contribution in [1.82, 2.24) is 19.6 Å². The molecule has 2 aromatic heterocycles. The molecular formula is C17H20FN5OS2. The van der Waals surface area contributed by atoms with E-state index < -0.39 is 5.82 Å². The van der Waals surface area contributed by atoms with Gasteiger partial charge in [-0.1, -0.05) is 11.9 Å². The summed E-state index contributed by atoms with van der Waals surface area (Å²) < 4.78 is 16.7. The molecule has 1 fully saturated rings. The Morgan fingerprint density at radius 1 is 1.42 bits per heavy atom. The molecule has 9 heteroatoms. The van der Waals surface area contributed by atoms with Gasteiger partial charge in [0, 0.05) is 24.0 Å². The number of thiophene rings is 1. The number of halogens is 1. The molecule has 2 aliphatic rings. The summed E-state index contributed by atoms with van der Waals surface area (Å²) in [5, 5.41) is 6.14. The molecule has 0 radical (unpaired) electrons. The molecule has 0 bridgehead atoms. The number of carbonyl (C=O) groups is 1. The van der Waals surface area contributed by atoms with Gasteiger partial charge in [0.15, 0.2) is 5.82 Å². The van der Waals surface area contributed by atoms with E-state index in [4.69, 9.17) is 0 Å². The Bertz CT molecular complexity index is 848. The lowest BCUT2D eigenvalue weighted by molar-refractivity contribution is 0.0965. The third-order valence-corrected chi connectivity index (χ3v) is 7.04. The highest BCUT2D eigenvalue weighted by Crippen LogP contribution is 2.38. The molecule has 2 aromatic rings. The summed E-state index contributed by atoms with van der Waals surface area (Å²) >= 11 is 3.19. The zero-order chi connectivity index (χ0) is 18.3. The van der Waals surface area contributed by atoms with E-state index in [1.54, 1.807) is 11.9 Å². The summed E-state index contributed by atoms with van der Waals surface area (Å²) in [6.07, 6.45) is 5.31. The van der Waals surface area contributed by atoms with Crippen LogP contribution in [0.5, 0.6) is 0 Å². The highest BCUT2D eigenvalue weighted by atomic mass is 32.2. The van der Waals surface area contributed by atoms with E-state index in [9.17, 15) is 9.18 Å². The van der Waals surface area contributed by atoms with Crippen molar-refractivity contribution >= 4 is 35.1 Å². The fraction of sp³-hybridized carbons (Fsp3) is 0.471. The predicted octanol–water partition coefficient (Wildman–Crippen LogP) is 3.05. The maximum atomic E-state index is 14.4. The molecule has 4 rings (SSSR count). The van der Waals surface area contributed by atoms with Gasteiger partial charge in [-0.3, -0.25) is 9.10 Å². The number of carbonyl (C=O) groups excluding carboxylic acids is 1. The molecule has 0 unspecified atom stereocenters. The summed E-state index contributed by atoms with van der Waals surface area (Å²) in [4.78, 5) is 22.2. The summed E-state index contributed by atoms with van der Waals surface area (Å²) in [7, 11) is 0. The Kier molecular flexibility index (Phi) is 4.85. The highest BCUT2D eigenvalue weighted by molar-refractivity contribution is 7.96. The zero-order valence-electron chi connectivity index (χ0n) is 14.6. The van der Waals surface area contributed by atoms with Crippen LogP contribution in [0.25, 0.3) is 10.6 Å². The van der Waals surface area contributed by atoms with Crippen LogP contribution in [0.4, 0.5) is 10.3 Å². The van der Waals surface area contributed by atoms with Crippen LogP contribution >= 0.6 is 23.3 Å². The minimum atomic E-state index is -0.462. The van der Waals surface area contributed by atoms with Crippen molar-refractivity contribution in [1.29, 1.82) is 0 Å². The number of nitrogens with zero attached hydrogens (tertiary/aromatic N) is 3. The Morgan fingerprint density at radius 2 is 2.19 bits per heavy atom. The van der Waals surface area contributed by atoms with Gasteiger partial charge in [-0.15, -0.1) is 11.3 Å². The van der Waals surface area contributed by atoms with Crippen LogP contribution in [0, 0.1) is 12.7 Å². The number of aromatic nitrogens is 2. The van der Waals surface area contributed by atoms with Crippen LogP contribution in [0.15, 0.2) is 6.20 Å². The van der Waals surface area contributed by atoms with Crippen molar-refractivity contribution in [2.24, 2.45) is 0 Å². The summed E-state index contributed by atoms with van der Waals surface area (Å²) in [6.45, 7) is 4.38. The second kappa shape index (κ2) is 7.13. The predicted molar refractivity (Wildman–Crippen MR) is 103 cm³/mol. The Hall–Kier alpha value is -1.71. The Labute approximate surface area is 159 Å². The Balaban J connectivity index is 1.58. The monoisotopic (exact) mass is 393 g/mol. The standard InChI is InChI=1S/C17H20FN5OS2/c1-9-13-12(8-19-16(13)24)26-15(9)14-11(18)7-20-17(22-14)21-10-3-5-23(25-2)6-4-10/h7,10H,3-6,8H2,1-2H3,(H,19,24)(H,20,21,22). The van der Waals surface area contributed by atoms with Gasteiger partial charge in [-0.25, -0.2) is 14.4 Å². The minimum Gasteiger partial charge on any atom is -0.351 e. The molecule has 4 heterocycles. The number of hydrogen-bond donors (Lipinski definition) is 2. The van der Waals surface area contributed by atoms with E-state index >= 15 is 0 Å². The van der Waals surface area contributed by atoms with Crippen molar-refractivity contribution in [2.75, 3.05) is 24.7 Å². The summed E-state index contributed by atoms with van der Waals surface area (Å²) in [5.74, 6) is -0.106. The van der Waals surface area contributed by atoms with E-state index in [1.807, 2.05) is 6.92 Å². The normalized spacial score (nSPS) is 18.0. The van der Waals surface area contributed by atoms with Gasteiger partial charge in [0.1, 0.15) is 5.69 Å². The van der Waals surface area contributed by atoms with Crippen LogP contribution in [-0.2, 0) is 6.54 Å². The number of hydrogen-bond acceptors (Lipinski definition) is 7. The van der Waals surface area contributed by atoms with Gasteiger partial charge in [-0.2, -0.15) is 0 Å². The number of rotatable bonds is 4. The first-order chi connectivity index (χ1) is 12.6. The number of anilines is 1. The molecule has 1 saturated heterocycles. The van der Waals surface area contributed by atoms with Crippen LogP contribution in [0.1, 0.15) is 33.6 Å². The molecule has 26 heavy (non-hydrogen) atoms. The minimum absolute atomic E-state index is 0.0895. The lowest BCUT2D eigenvalue weighted by Crippen LogP contribution is -2.35. The fourth-order valence-corrected chi connectivity index (χ4v) is 5.24. The van der Waals surface area contributed by atoms with Crippen molar-refractivity contribution < 1.29 is 9.18 Å². The smallest absolute Gasteiger partial charge is 0.253 e. The summed E-state index contributed by atoms with van der Waals surface area (Å²) in [6, 6.07) is 0.289. The molecule has 0 atom stereocenters. The van der Waals surface area contributed by atoms with Crippen molar-refractivity contribution in [3.8, 4) is 10.6 Å². The first-order valence-corrected chi connectivity index (χ1v) is 10.6. The maximum absolute atomic E-state index is 14.4. The average Bonchev–Trinajstić information content (AvgIpc) is 3.17. The zero-order valence-corrected chi connectivity index (χ0v) is 16.3. The van der Waals surface area contributed by atoms with Crippen molar-refractivity contribution in [3.63, 3.8) is 0 Å². The van der Waals surface area contributed by atoms with E-state index in [0.717, 1.165) is 36.4 Å². The second-order valence-corrected chi connectivity index (χ2v) is 8.44. The molecule has 6 nitrogen and oxygen atoms in total. The largest absolute Gasteiger partial charge is 0.351 e. The third-order valence-electron chi connectivity index (χ3n) is 4.86. The number of amides is 1. The highest BCUT2D eigenvalue weighted by Gasteiger charge is 2.28. The van der Waals surface area contributed by atoms with E-state index in [2.05, 4.69) is 31.2 Å². The number of nitrogens with one attached hydrogen (secondary N) is 2. The molecule has 138 valence electrons. The van der Waals surface area contributed by atoms with Gasteiger partial charge in [0.05, 0.1) is 23.2 Å².